The molecule has 9 rings (SSSR count). The van der Waals surface area contributed by atoms with Gasteiger partial charge in [0.25, 0.3) is 22.6 Å². The molecule has 8 aromatic rings. The van der Waals surface area contributed by atoms with Gasteiger partial charge in [0.15, 0.2) is 6.61 Å². The summed E-state index contributed by atoms with van der Waals surface area (Å²) in [7, 11) is 1.58. The van der Waals surface area contributed by atoms with Gasteiger partial charge in [0.1, 0.15) is 17.3 Å². The fraction of sp³-hybridized carbons (Fsp3) is 0.218. The molecule has 0 radical (unpaired) electrons. The molecule has 1 saturated heterocycles. The minimum absolute atomic E-state index is 0.00478. The lowest BCUT2D eigenvalue weighted by molar-refractivity contribution is -0.146. The molecule has 3 aromatic heterocycles. The van der Waals surface area contributed by atoms with Crippen molar-refractivity contribution < 1.29 is 28.6 Å². The third kappa shape index (κ3) is 12.0. The molecule has 12 nitrogen and oxygen atoms in total. The molecular formula is C55H53Cl2FN4O8. The van der Waals surface area contributed by atoms with Crippen molar-refractivity contribution in [2.45, 2.75) is 47.5 Å². The number of carboxylic acid groups (broad SMARTS) is 1. The summed E-state index contributed by atoms with van der Waals surface area (Å²) < 4.78 is 24.2. The number of fused-ring (bicyclic) bond motifs is 2. The highest BCUT2D eigenvalue weighted by molar-refractivity contribution is 6.34. The van der Waals surface area contributed by atoms with Crippen molar-refractivity contribution in [3.8, 4) is 44.9 Å². The summed E-state index contributed by atoms with van der Waals surface area (Å²) >= 11 is 12.4. The Bertz CT molecular complexity index is 3370. The van der Waals surface area contributed by atoms with E-state index in [1.165, 1.54) is 46.5 Å². The first-order chi connectivity index (χ1) is 33.6. The molecule has 70 heavy (non-hydrogen) atoms. The Morgan fingerprint density at radius 2 is 1.21 bits per heavy atom. The van der Waals surface area contributed by atoms with Crippen molar-refractivity contribution in [1.29, 1.82) is 0 Å². The molecular weight excluding hydrogens is 935 g/mol. The number of benzene rings is 5. The second-order valence-corrected chi connectivity index (χ2v) is 17.0. The summed E-state index contributed by atoms with van der Waals surface area (Å²) in [6, 6.07) is 30.1. The van der Waals surface area contributed by atoms with Gasteiger partial charge in [0.2, 0.25) is 0 Å². The lowest BCUT2D eigenvalue weighted by atomic mass is 9.96. The average Bonchev–Trinajstić information content (AvgIpc) is 3.37. The average molecular weight is 988 g/mol. The lowest BCUT2D eigenvalue weighted by Gasteiger charge is -2.30. The Labute approximate surface area is 413 Å². The number of carbonyl (C=O) groups excluding carboxylic acids is 1. The number of methoxy groups -OCH3 is 1. The first-order valence-electron chi connectivity index (χ1n) is 22.6. The number of aromatic amines is 3. The van der Waals surface area contributed by atoms with Crippen LogP contribution in [0.25, 0.3) is 54.9 Å². The summed E-state index contributed by atoms with van der Waals surface area (Å²) in [5, 5.41) is 12.4. The van der Waals surface area contributed by atoms with Crippen LogP contribution in [0.5, 0.6) is 11.5 Å². The van der Waals surface area contributed by atoms with Crippen molar-refractivity contribution >= 4 is 56.6 Å². The number of likely N-dealkylation sites (tertiary alicyclic amines) is 1. The maximum Gasteiger partial charge on any atom is 0.308 e. The number of rotatable bonds is 8. The summed E-state index contributed by atoms with van der Waals surface area (Å²) in [6.07, 6.45) is 6.19. The van der Waals surface area contributed by atoms with Gasteiger partial charge < -0.3 is 34.4 Å². The van der Waals surface area contributed by atoms with E-state index in [9.17, 15) is 33.5 Å². The second kappa shape index (κ2) is 23.7. The molecule has 0 spiro atoms. The van der Waals surface area contributed by atoms with Crippen LogP contribution in [0, 0.1) is 32.5 Å². The highest BCUT2D eigenvalue weighted by atomic mass is 35.5. The number of aromatic nitrogens is 3. The summed E-state index contributed by atoms with van der Waals surface area (Å²) in [5.74, 6) is -1.27. The van der Waals surface area contributed by atoms with E-state index >= 15 is 0 Å². The quantitative estimate of drug-likeness (QED) is 0.116. The number of halogens is 3. The van der Waals surface area contributed by atoms with Crippen LogP contribution in [0.3, 0.4) is 0 Å². The van der Waals surface area contributed by atoms with Crippen LogP contribution in [0.1, 0.15) is 43.4 Å². The zero-order valence-electron chi connectivity index (χ0n) is 39.5. The van der Waals surface area contributed by atoms with E-state index in [4.69, 9.17) is 32.7 Å². The van der Waals surface area contributed by atoms with Crippen LogP contribution in [0.4, 0.5) is 4.39 Å². The third-order valence-corrected chi connectivity index (χ3v) is 12.6. The Balaban J connectivity index is 0.000000181. The molecule has 1 aliphatic rings. The molecule has 1 fully saturated rings. The minimum Gasteiger partial charge on any atom is -0.497 e. The smallest absolute Gasteiger partial charge is 0.308 e. The van der Waals surface area contributed by atoms with Crippen molar-refractivity contribution in [2.24, 2.45) is 5.92 Å². The Kier molecular flexibility index (Phi) is 17.6. The number of pyridine rings is 3. The first-order valence-corrected chi connectivity index (χ1v) is 23.3. The predicted octanol–water partition coefficient (Wildman–Crippen LogP) is 11.5. The van der Waals surface area contributed by atoms with Crippen LogP contribution in [-0.4, -0.2) is 63.6 Å². The molecule has 0 aliphatic carbocycles. The molecule has 1 aliphatic heterocycles. The van der Waals surface area contributed by atoms with Gasteiger partial charge in [-0.3, -0.25) is 24.0 Å². The summed E-state index contributed by atoms with van der Waals surface area (Å²) in [6.45, 7) is 10.3. The van der Waals surface area contributed by atoms with Crippen LogP contribution < -0.4 is 26.2 Å². The van der Waals surface area contributed by atoms with Gasteiger partial charge in [-0.25, -0.2) is 4.39 Å². The molecule has 4 N–H and O–H groups in total. The monoisotopic (exact) mass is 986 g/mol. The molecule has 362 valence electrons. The number of hydrogen-bond acceptors (Lipinski definition) is 7. The van der Waals surface area contributed by atoms with Crippen molar-refractivity contribution in [2.75, 3.05) is 26.8 Å². The van der Waals surface area contributed by atoms with Crippen molar-refractivity contribution in [1.82, 2.24) is 19.9 Å². The minimum atomic E-state index is -0.908. The highest BCUT2D eigenvalue weighted by Crippen LogP contribution is 2.35. The van der Waals surface area contributed by atoms with E-state index in [-0.39, 0.29) is 40.8 Å². The number of carbonyl (C=O) groups is 2. The zero-order chi connectivity index (χ0) is 50.6. The maximum absolute atomic E-state index is 13.4. The number of H-pyrrole nitrogens is 3. The fourth-order valence-corrected chi connectivity index (χ4v) is 8.56. The SMILES string of the molecule is CC.COc1ccc2c(-c3ccccc3Cl)c[nH]c(=O)c2c1.Cc1ccccc1-c1c[nH]c(=O)c(C)c1C.O=C(O)[C@H]1CCCN(C(=O)COc2ccc3c(-c4ccc(F)cc4Cl)c[nH]c(=O)c3c2)C1. The van der Waals surface area contributed by atoms with Gasteiger partial charge >= 0.3 is 5.97 Å². The van der Waals surface area contributed by atoms with E-state index in [1.54, 1.807) is 37.7 Å². The topological polar surface area (TPSA) is 175 Å². The molecule has 0 saturated carbocycles. The van der Waals surface area contributed by atoms with Gasteiger partial charge in [-0.15, -0.1) is 0 Å². The molecule has 0 bridgehead atoms. The zero-order valence-corrected chi connectivity index (χ0v) is 41.1. The summed E-state index contributed by atoms with van der Waals surface area (Å²) in [5.41, 5.74) is 7.83. The van der Waals surface area contributed by atoms with E-state index < -0.39 is 17.7 Å². The van der Waals surface area contributed by atoms with Crippen molar-refractivity contribution in [3.63, 3.8) is 0 Å². The molecule has 15 heteroatoms. The van der Waals surface area contributed by atoms with Gasteiger partial charge in [0.05, 0.1) is 28.8 Å². The summed E-state index contributed by atoms with van der Waals surface area (Å²) in [4.78, 5) is 69.2. The van der Waals surface area contributed by atoms with E-state index in [0.29, 0.717) is 63.2 Å². The number of piperidine rings is 1. The number of nitrogens with one attached hydrogen (secondary N) is 3. The van der Waals surface area contributed by atoms with Crippen LogP contribution >= 0.6 is 23.2 Å². The number of aryl methyl sites for hydroxylation is 1. The molecule has 0 unspecified atom stereocenters. The van der Waals surface area contributed by atoms with Gasteiger partial charge in [-0.05, 0) is 122 Å². The van der Waals surface area contributed by atoms with Gasteiger partial charge in [0, 0.05) is 70.1 Å². The normalized spacial score (nSPS) is 12.9. The second-order valence-electron chi connectivity index (χ2n) is 16.2. The van der Waals surface area contributed by atoms with E-state index in [1.807, 2.05) is 76.2 Å². The van der Waals surface area contributed by atoms with Crippen LogP contribution in [0.2, 0.25) is 10.0 Å². The number of aliphatic carboxylic acids is 1. The first kappa shape index (κ1) is 51.9. The number of hydrogen-bond donors (Lipinski definition) is 4. The van der Waals surface area contributed by atoms with E-state index in [0.717, 1.165) is 33.2 Å². The van der Waals surface area contributed by atoms with Gasteiger partial charge in [-0.2, -0.15) is 0 Å². The number of ether oxygens (including phenoxy) is 2. The van der Waals surface area contributed by atoms with E-state index in [2.05, 4.69) is 34.0 Å². The Morgan fingerprint density at radius 3 is 1.81 bits per heavy atom. The third-order valence-electron chi connectivity index (χ3n) is 11.9. The molecule has 4 heterocycles. The highest BCUT2D eigenvalue weighted by Gasteiger charge is 2.28. The maximum atomic E-state index is 13.4. The largest absolute Gasteiger partial charge is 0.497 e. The Morgan fingerprint density at radius 1 is 0.657 bits per heavy atom. The fourth-order valence-electron chi connectivity index (χ4n) is 8.05. The molecule has 1 amide bonds. The van der Waals surface area contributed by atoms with Crippen LogP contribution in [0.15, 0.2) is 136 Å². The number of carboxylic acids is 1. The van der Waals surface area contributed by atoms with Gasteiger partial charge in [-0.1, -0.05) is 79.5 Å². The standard InChI is InChI=1S/C23H20ClFN2O5.C16H12ClNO2.C14H15NO.C2H6/c24-20-8-14(25)3-5-17(20)19-10-26-22(29)18-9-15(4-6-16(18)19)32-12-21(28)27-7-1-2-13(11-27)23(30)31;1-20-10-6-7-11-13(8-10)16(19)18-9-14(11)12-4-2-3-5-15(12)17;1-9-6-4-5-7-12(9)13-8-15-14(16)11(3)10(13)2;1-2/h3-6,8-10,13H,1-2,7,11-12H2,(H,26,29)(H,30,31);2-9H,1H3,(H,18,19);4-8H,1-3H3,(H,15,16);1-2H3/t13-;;;/m0.../s1. The van der Waals surface area contributed by atoms with Crippen molar-refractivity contribution in [3.05, 3.63) is 185 Å². The van der Waals surface area contributed by atoms with Crippen LogP contribution in [-0.2, 0) is 9.59 Å². The molecule has 5 aromatic carbocycles. The predicted molar refractivity (Wildman–Crippen MR) is 277 cm³/mol. The number of amides is 1. The lowest BCUT2D eigenvalue weighted by Crippen LogP contribution is -2.44. The number of nitrogens with zero attached hydrogens (tertiary/aromatic N) is 1. The molecule has 1 atom stereocenters. The Hall–Kier alpha value is -7.48.